The molecule has 2 N–H and O–H groups in total. The minimum atomic E-state index is -0.315. The SMILES string of the molecule is C/C=C(\C=N/NC)c1ccc(CC(=O)Nc2nc3ccc(F)cc3s2)cc1. The number of benzene rings is 2. The summed E-state index contributed by atoms with van der Waals surface area (Å²) in [6, 6.07) is 12.1. The number of hydrazone groups is 1. The first kappa shape index (κ1) is 18.7. The lowest BCUT2D eigenvalue weighted by atomic mass is 10.0. The Morgan fingerprint density at radius 2 is 2.04 bits per heavy atom. The minimum Gasteiger partial charge on any atom is -0.313 e. The molecule has 0 bridgehead atoms. The van der Waals surface area contributed by atoms with Gasteiger partial charge >= 0.3 is 0 Å². The zero-order chi connectivity index (χ0) is 19.2. The highest BCUT2D eigenvalue weighted by molar-refractivity contribution is 7.22. The van der Waals surface area contributed by atoms with Gasteiger partial charge in [0.1, 0.15) is 5.82 Å². The molecule has 1 amide bonds. The van der Waals surface area contributed by atoms with Crippen molar-refractivity contribution in [2.24, 2.45) is 5.10 Å². The lowest BCUT2D eigenvalue weighted by Crippen LogP contribution is -2.14. The van der Waals surface area contributed by atoms with E-state index in [1.165, 1.54) is 23.5 Å². The molecular formula is C20H19FN4OS. The summed E-state index contributed by atoms with van der Waals surface area (Å²) >= 11 is 1.26. The molecule has 0 saturated carbocycles. The van der Waals surface area contributed by atoms with E-state index in [0.717, 1.165) is 16.7 Å². The number of aromatic nitrogens is 1. The summed E-state index contributed by atoms with van der Waals surface area (Å²) in [4.78, 5) is 16.6. The highest BCUT2D eigenvalue weighted by Crippen LogP contribution is 2.26. The van der Waals surface area contributed by atoms with Gasteiger partial charge in [0.05, 0.1) is 22.9 Å². The van der Waals surface area contributed by atoms with E-state index < -0.39 is 0 Å². The van der Waals surface area contributed by atoms with Crippen LogP contribution in [0.5, 0.6) is 0 Å². The third-order valence-electron chi connectivity index (χ3n) is 3.89. The van der Waals surface area contributed by atoms with Crippen molar-refractivity contribution < 1.29 is 9.18 Å². The Bertz CT molecular complexity index is 1010. The predicted molar refractivity (Wildman–Crippen MR) is 110 cm³/mol. The van der Waals surface area contributed by atoms with E-state index in [1.807, 2.05) is 37.3 Å². The first-order valence-corrected chi connectivity index (χ1v) is 9.22. The van der Waals surface area contributed by atoms with Crippen LogP contribution in [0.4, 0.5) is 9.52 Å². The quantitative estimate of drug-likeness (QED) is 0.495. The highest BCUT2D eigenvalue weighted by Gasteiger charge is 2.09. The van der Waals surface area contributed by atoms with Crippen molar-refractivity contribution in [3.05, 3.63) is 65.5 Å². The third-order valence-corrected chi connectivity index (χ3v) is 4.83. The number of hydrogen-bond acceptors (Lipinski definition) is 5. The van der Waals surface area contributed by atoms with Crippen LogP contribution in [0.25, 0.3) is 15.8 Å². The maximum absolute atomic E-state index is 13.3. The van der Waals surface area contributed by atoms with Crippen molar-refractivity contribution in [3.8, 4) is 0 Å². The number of nitrogens with one attached hydrogen (secondary N) is 2. The van der Waals surface area contributed by atoms with Crippen LogP contribution in [-0.4, -0.2) is 24.2 Å². The van der Waals surface area contributed by atoms with Gasteiger partial charge in [-0.25, -0.2) is 9.37 Å². The van der Waals surface area contributed by atoms with Gasteiger partial charge in [0, 0.05) is 7.05 Å². The average molecular weight is 382 g/mol. The van der Waals surface area contributed by atoms with E-state index in [9.17, 15) is 9.18 Å². The summed E-state index contributed by atoms with van der Waals surface area (Å²) in [6.45, 7) is 1.95. The number of amides is 1. The Balaban J connectivity index is 1.65. The fourth-order valence-electron chi connectivity index (χ4n) is 2.57. The molecule has 0 unspecified atom stereocenters. The minimum absolute atomic E-state index is 0.162. The summed E-state index contributed by atoms with van der Waals surface area (Å²) in [5, 5.41) is 7.27. The van der Waals surface area contributed by atoms with Gasteiger partial charge in [0.2, 0.25) is 5.91 Å². The zero-order valence-corrected chi connectivity index (χ0v) is 15.8. The van der Waals surface area contributed by atoms with Crippen molar-refractivity contribution in [1.82, 2.24) is 10.4 Å². The molecule has 0 spiro atoms. The number of carbonyl (C=O) groups excluding carboxylic acids is 1. The number of rotatable bonds is 6. The second kappa shape index (κ2) is 8.55. The summed E-state index contributed by atoms with van der Waals surface area (Å²) in [7, 11) is 1.74. The molecule has 0 fully saturated rings. The topological polar surface area (TPSA) is 66.4 Å². The van der Waals surface area contributed by atoms with E-state index in [-0.39, 0.29) is 18.1 Å². The fourth-order valence-corrected chi connectivity index (χ4v) is 3.47. The second-order valence-electron chi connectivity index (χ2n) is 5.78. The van der Waals surface area contributed by atoms with E-state index in [0.29, 0.717) is 15.3 Å². The third kappa shape index (κ3) is 4.77. The molecule has 5 nitrogen and oxygen atoms in total. The van der Waals surface area contributed by atoms with E-state index >= 15 is 0 Å². The van der Waals surface area contributed by atoms with Crippen LogP contribution in [0.1, 0.15) is 18.1 Å². The van der Waals surface area contributed by atoms with E-state index in [2.05, 4.69) is 20.8 Å². The van der Waals surface area contributed by atoms with Crippen molar-refractivity contribution in [2.75, 3.05) is 12.4 Å². The molecule has 2 aromatic carbocycles. The molecule has 7 heteroatoms. The van der Waals surface area contributed by atoms with Gasteiger partial charge < -0.3 is 10.7 Å². The molecular weight excluding hydrogens is 363 g/mol. The second-order valence-corrected chi connectivity index (χ2v) is 6.81. The molecule has 0 radical (unpaired) electrons. The van der Waals surface area contributed by atoms with Crippen LogP contribution in [0.2, 0.25) is 0 Å². The van der Waals surface area contributed by atoms with Gasteiger partial charge in [-0.3, -0.25) is 4.79 Å². The van der Waals surface area contributed by atoms with Crippen molar-refractivity contribution in [2.45, 2.75) is 13.3 Å². The highest BCUT2D eigenvalue weighted by atomic mass is 32.1. The van der Waals surface area contributed by atoms with Crippen molar-refractivity contribution in [3.63, 3.8) is 0 Å². The van der Waals surface area contributed by atoms with Gasteiger partial charge in [-0.2, -0.15) is 5.10 Å². The predicted octanol–water partition coefficient (Wildman–Crippen LogP) is 4.23. The molecule has 1 heterocycles. The van der Waals surface area contributed by atoms with Crippen molar-refractivity contribution >= 4 is 44.4 Å². The number of allylic oxidation sites excluding steroid dienone is 2. The van der Waals surface area contributed by atoms with Crippen LogP contribution < -0.4 is 10.7 Å². The molecule has 0 saturated heterocycles. The Morgan fingerprint density at radius 1 is 1.26 bits per heavy atom. The van der Waals surface area contributed by atoms with Gasteiger partial charge in [-0.1, -0.05) is 41.7 Å². The van der Waals surface area contributed by atoms with Crippen LogP contribution in [0.3, 0.4) is 0 Å². The Kier molecular flexibility index (Phi) is 5.93. The molecule has 0 aliphatic carbocycles. The van der Waals surface area contributed by atoms with Crippen LogP contribution in [-0.2, 0) is 11.2 Å². The number of carbonyl (C=O) groups is 1. The smallest absolute Gasteiger partial charge is 0.230 e. The van der Waals surface area contributed by atoms with Gasteiger partial charge in [-0.15, -0.1) is 0 Å². The summed E-state index contributed by atoms with van der Waals surface area (Å²) in [5.74, 6) is -0.477. The molecule has 3 aromatic rings. The number of halogens is 1. The number of fused-ring (bicyclic) bond motifs is 1. The maximum Gasteiger partial charge on any atom is 0.230 e. The molecule has 0 aliphatic heterocycles. The van der Waals surface area contributed by atoms with Crippen LogP contribution in [0.15, 0.2) is 53.6 Å². The largest absolute Gasteiger partial charge is 0.313 e. The first-order chi connectivity index (χ1) is 13.1. The standard InChI is InChI=1S/C20H19FN4OS/c1-3-14(12-23-22-2)15-6-4-13(5-7-15)10-19(26)25-20-24-17-9-8-16(21)11-18(17)27-20/h3-9,11-12,22H,10H2,1-2H3,(H,24,25,26)/b14-3+,23-12-. The monoisotopic (exact) mass is 382 g/mol. The number of hydrogen-bond donors (Lipinski definition) is 2. The van der Waals surface area contributed by atoms with Crippen molar-refractivity contribution in [1.29, 1.82) is 0 Å². The summed E-state index contributed by atoms with van der Waals surface area (Å²) in [6.07, 6.45) is 3.95. The molecule has 27 heavy (non-hydrogen) atoms. The average Bonchev–Trinajstić information content (AvgIpc) is 3.04. The van der Waals surface area contributed by atoms with Gasteiger partial charge in [0.15, 0.2) is 5.13 Å². The summed E-state index contributed by atoms with van der Waals surface area (Å²) < 4.78 is 14.0. The Morgan fingerprint density at radius 3 is 2.74 bits per heavy atom. The molecule has 3 rings (SSSR count). The summed E-state index contributed by atoms with van der Waals surface area (Å²) in [5.41, 5.74) is 6.30. The maximum atomic E-state index is 13.3. The molecule has 1 aromatic heterocycles. The number of thiazole rings is 1. The lowest BCUT2D eigenvalue weighted by Gasteiger charge is -2.05. The molecule has 138 valence electrons. The van der Waals surface area contributed by atoms with Crippen LogP contribution in [0, 0.1) is 5.82 Å². The van der Waals surface area contributed by atoms with Gasteiger partial charge in [-0.05, 0) is 41.8 Å². The van der Waals surface area contributed by atoms with Gasteiger partial charge in [0.25, 0.3) is 0 Å². The van der Waals surface area contributed by atoms with E-state index in [1.54, 1.807) is 19.3 Å². The lowest BCUT2D eigenvalue weighted by molar-refractivity contribution is -0.115. The Labute approximate surface area is 160 Å². The molecule has 0 aliphatic rings. The Hall–Kier alpha value is -3.06. The molecule has 0 atom stereocenters. The van der Waals surface area contributed by atoms with Crippen LogP contribution >= 0.6 is 11.3 Å². The number of anilines is 1. The zero-order valence-electron chi connectivity index (χ0n) is 15.0. The normalized spacial score (nSPS) is 11.9. The number of nitrogens with zero attached hydrogens (tertiary/aromatic N) is 2. The van der Waals surface area contributed by atoms with E-state index in [4.69, 9.17) is 0 Å². The first-order valence-electron chi connectivity index (χ1n) is 8.40. The fraction of sp³-hybridized carbons (Fsp3) is 0.150.